The summed E-state index contributed by atoms with van der Waals surface area (Å²) < 4.78 is 0. The lowest BCUT2D eigenvalue weighted by Gasteiger charge is -2.20. The van der Waals surface area contributed by atoms with Crippen molar-refractivity contribution in [3.8, 4) is 0 Å². The highest BCUT2D eigenvalue weighted by atomic mass is 32.1. The molecule has 9 nitrogen and oxygen atoms in total. The average molecular weight is 329 g/mol. The summed E-state index contributed by atoms with van der Waals surface area (Å²) in [7, 11) is 0. The zero-order valence-electron chi connectivity index (χ0n) is 11.9. The molecule has 3 atom stereocenters. The Balaban J connectivity index is 2.55. The third-order valence-corrected chi connectivity index (χ3v) is 3.24. The molecule has 0 radical (unpaired) electrons. The third-order valence-electron chi connectivity index (χ3n) is 2.88. The second-order valence-corrected chi connectivity index (χ2v) is 5.06. The summed E-state index contributed by atoms with van der Waals surface area (Å²) in [4.78, 5) is 41.2. The first-order chi connectivity index (χ1) is 10.3. The van der Waals surface area contributed by atoms with Crippen molar-refractivity contribution >= 4 is 30.4 Å². The Kier molecular flexibility index (Phi) is 6.86. The van der Waals surface area contributed by atoms with E-state index in [-0.39, 0.29) is 12.2 Å². The van der Waals surface area contributed by atoms with E-state index in [4.69, 9.17) is 10.8 Å². The van der Waals surface area contributed by atoms with Crippen LogP contribution in [0.1, 0.15) is 12.6 Å². The maximum Gasteiger partial charge on any atom is 0.325 e. The van der Waals surface area contributed by atoms with Crippen LogP contribution in [0.15, 0.2) is 12.5 Å². The van der Waals surface area contributed by atoms with Gasteiger partial charge in [-0.3, -0.25) is 14.4 Å². The number of aromatic amines is 1. The maximum atomic E-state index is 12.0. The van der Waals surface area contributed by atoms with Gasteiger partial charge in [-0.15, -0.1) is 0 Å². The number of nitrogens with one attached hydrogen (secondary N) is 3. The summed E-state index contributed by atoms with van der Waals surface area (Å²) in [5, 5.41) is 13.5. The van der Waals surface area contributed by atoms with Crippen LogP contribution in [0, 0.1) is 0 Å². The van der Waals surface area contributed by atoms with Crippen molar-refractivity contribution < 1.29 is 19.5 Å². The standard InChI is InChI=1S/C12H19N5O4S/c1-6(12(20)21)16-11(19)9(4-22)17-10(18)8(13)2-7-3-14-5-15-7/h3,5-6,8-9,22H,2,4,13H2,1H3,(H,14,15)(H,16,19)(H,17,18)(H,20,21)/t6-,8-,9-/m0/s1. The van der Waals surface area contributed by atoms with E-state index in [9.17, 15) is 14.4 Å². The fourth-order valence-electron chi connectivity index (χ4n) is 1.57. The summed E-state index contributed by atoms with van der Waals surface area (Å²) in [6.07, 6.45) is 3.25. The van der Waals surface area contributed by atoms with Gasteiger partial charge in [0.05, 0.1) is 12.4 Å². The second kappa shape index (κ2) is 8.39. The van der Waals surface area contributed by atoms with E-state index in [1.807, 2.05) is 0 Å². The lowest BCUT2D eigenvalue weighted by Crippen LogP contribution is -2.55. The molecule has 0 saturated heterocycles. The van der Waals surface area contributed by atoms with Crippen LogP contribution in [0.3, 0.4) is 0 Å². The van der Waals surface area contributed by atoms with E-state index >= 15 is 0 Å². The van der Waals surface area contributed by atoms with E-state index in [1.165, 1.54) is 13.3 Å². The van der Waals surface area contributed by atoms with Crippen LogP contribution in [-0.2, 0) is 20.8 Å². The average Bonchev–Trinajstić information content (AvgIpc) is 2.96. The van der Waals surface area contributed by atoms with Gasteiger partial charge in [0.1, 0.15) is 12.1 Å². The fraction of sp³-hybridized carbons (Fsp3) is 0.500. The zero-order chi connectivity index (χ0) is 16.7. The van der Waals surface area contributed by atoms with Crippen molar-refractivity contribution in [2.24, 2.45) is 5.73 Å². The van der Waals surface area contributed by atoms with Crippen LogP contribution in [-0.4, -0.2) is 56.7 Å². The van der Waals surface area contributed by atoms with E-state index in [1.54, 1.807) is 6.20 Å². The van der Waals surface area contributed by atoms with E-state index in [0.717, 1.165) is 0 Å². The first-order valence-electron chi connectivity index (χ1n) is 6.52. The van der Waals surface area contributed by atoms with E-state index < -0.39 is 35.9 Å². The minimum absolute atomic E-state index is 0.0146. The van der Waals surface area contributed by atoms with Gasteiger partial charge in [0, 0.05) is 24.1 Å². The number of thiol groups is 1. The molecule has 0 fully saturated rings. The van der Waals surface area contributed by atoms with Crippen LogP contribution in [0.2, 0.25) is 0 Å². The number of carbonyl (C=O) groups is 3. The molecule has 1 rings (SSSR count). The molecular formula is C12H19N5O4S. The topological polar surface area (TPSA) is 150 Å². The molecule has 6 N–H and O–H groups in total. The number of amides is 2. The number of carbonyl (C=O) groups excluding carboxylic acids is 2. The maximum absolute atomic E-state index is 12.0. The highest BCUT2D eigenvalue weighted by Crippen LogP contribution is 1.98. The van der Waals surface area contributed by atoms with E-state index in [2.05, 4.69) is 33.2 Å². The summed E-state index contributed by atoms with van der Waals surface area (Å²) in [5.74, 6) is -2.33. The molecule has 0 saturated carbocycles. The second-order valence-electron chi connectivity index (χ2n) is 4.70. The van der Waals surface area contributed by atoms with Crippen molar-refractivity contribution in [3.63, 3.8) is 0 Å². The minimum Gasteiger partial charge on any atom is -0.480 e. The number of rotatable bonds is 8. The lowest BCUT2D eigenvalue weighted by molar-refractivity contribution is -0.141. The number of nitrogens with zero attached hydrogens (tertiary/aromatic N) is 1. The third kappa shape index (κ3) is 5.37. The number of nitrogens with two attached hydrogens (primary N) is 1. The van der Waals surface area contributed by atoms with Gasteiger partial charge < -0.3 is 26.5 Å². The predicted octanol–water partition coefficient (Wildman–Crippen LogP) is -1.72. The first kappa shape index (κ1) is 18.0. The number of hydrogen-bond acceptors (Lipinski definition) is 6. The molecule has 1 heterocycles. The van der Waals surface area contributed by atoms with Crippen molar-refractivity contribution in [2.75, 3.05) is 5.75 Å². The molecule has 1 aromatic heterocycles. The fourth-order valence-corrected chi connectivity index (χ4v) is 1.83. The molecule has 0 aliphatic rings. The molecular weight excluding hydrogens is 310 g/mol. The van der Waals surface area contributed by atoms with Gasteiger partial charge >= 0.3 is 5.97 Å². The SMILES string of the molecule is C[C@H](NC(=O)[C@H](CS)NC(=O)[C@@H](N)Cc1cnc[nH]1)C(=O)O. The van der Waals surface area contributed by atoms with E-state index in [0.29, 0.717) is 5.69 Å². The minimum atomic E-state index is -1.17. The van der Waals surface area contributed by atoms with Gasteiger partial charge in [-0.2, -0.15) is 12.6 Å². The molecule has 0 bridgehead atoms. The summed E-state index contributed by atoms with van der Waals surface area (Å²) >= 11 is 3.98. The van der Waals surface area contributed by atoms with Gasteiger partial charge in [-0.1, -0.05) is 0 Å². The zero-order valence-corrected chi connectivity index (χ0v) is 12.8. The van der Waals surface area contributed by atoms with Crippen LogP contribution < -0.4 is 16.4 Å². The Morgan fingerprint density at radius 1 is 1.41 bits per heavy atom. The first-order valence-corrected chi connectivity index (χ1v) is 7.15. The Bertz CT molecular complexity index is 522. The molecule has 22 heavy (non-hydrogen) atoms. The van der Waals surface area contributed by atoms with Gasteiger partial charge in [0.2, 0.25) is 11.8 Å². The summed E-state index contributed by atoms with van der Waals surface area (Å²) in [5.41, 5.74) is 6.44. The van der Waals surface area contributed by atoms with Gasteiger partial charge in [0.25, 0.3) is 0 Å². The Labute approximate surface area is 132 Å². The van der Waals surface area contributed by atoms with Crippen molar-refractivity contribution in [3.05, 3.63) is 18.2 Å². The largest absolute Gasteiger partial charge is 0.480 e. The molecule has 0 spiro atoms. The highest BCUT2D eigenvalue weighted by molar-refractivity contribution is 7.80. The van der Waals surface area contributed by atoms with Gasteiger partial charge in [-0.25, -0.2) is 4.98 Å². The van der Waals surface area contributed by atoms with Crippen molar-refractivity contribution in [1.82, 2.24) is 20.6 Å². The number of H-pyrrole nitrogens is 1. The molecule has 122 valence electrons. The Morgan fingerprint density at radius 3 is 2.59 bits per heavy atom. The number of hydrogen-bond donors (Lipinski definition) is 6. The highest BCUT2D eigenvalue weighted by Gasteiger charge is 2.25. The van der Waals surface area contributed by atoms with Crippen LogP contribution >= 0.6 is 12.6 Å². The summed E-state index contributed by atoms with van der Waals surface area (Å²) in [6.45, 7) is 1.32. The quantitative estimate of drug-likeness (QED) is 0.312. The molecule has 0 aromatic carbocycles. The molecule has 1 aromatic rings. The smallest absolute Gasteiger partial charge is 0.325 e. The van der Waals surface area contributed by atoms with Crippen LogP contribution in [0.25, 0.3) is 0 Å². The number of imidazole rings is 1. The molecule has 0 aliphatic carbocycles. The van der Waals surface area contributed by atoms with Crippen molar-refractivity contribution in [1.29, 1.82) is 0 Å². The molecule has 0 unspecified atom stereocenters. The number of carboxylic acids is 1. The van der Waals surface area contributed by atoms with Crippen LogP contribution in [0.5, 0.6) is 0 Å². The normalized spacial score (nSPS) is 14.7. The molecule has 2 amide bonds. The van der Waals surface area contributed by atoms with Crippen LogP contribution in [0.4, 0.5) is 0 Å². The van der Waals surface area contributed by atoms with Gasteiger partial charge in [0.15, 0.2) is 0 Å². The Hall–Kier alpha value is -2.07. The monoisotopic (exact) mass is 329 g/mol. The summed E-state index contributed by atoms with van der Waals surface area (Å²) in [6, 6.07) is -2.90. The predicted molar refractivity (Wildman–Crippen MR) is 81.3 cm³/mol. The number of aromatic nitrogens is 2. The molecule has 10 heteroatoms. The van der Waals surface area contributed by atoms with Gasteiger partial charge in [-0.05, 0) is 6.92 Å². The Morgan fingerprint density at radius 2 is 2.09 bits per heavy atom. The molecule has 0 aliphatic heterocycles. The lowest BCUT2D eigenvalue weighted by atomic mass is 10.1. The van der Waals surface area contributed by atoms with Crippen molar-refractivity contribution in [2.45, 2.75) is 31.5 Å². The number of carboxylic acid groups (broad SMARTS) is 1. The number of aliphatic carboxylic acids is 1.